The Hall–Kier alpha value is -4.94. The minimum Gasteiger partial charge on any atom is -0.488 e. The lowest BCUT2D eigenvalue weighted by Gasteiger charge is -2.22. The molecule has 6 nitrogen and oxygen atoms in total. The highest BCUT2D eigenvalue weighted by Crippen LogP contribution is 2.35. The van der Waals surface area contributed by atoms with Crippen LogP contribution in [0.2, 0.25) is 0 Å². The number of carbonyl (C=O) groups is 2. The van der Waals surface area contributed by atoms with Crippen molar-refractivity contribution < 1.29 is 14.3 Å². The van der Waals surface area contributed by atoms with Gasteiger partial charge in [-0.2, -0.15) is 0 Å². The third-order valence-electron chi connectivity index (χ3n) is 8.05. The molecule has 0 fully saturated rings. The summed E-state index contributed by atoms with van der Waals surface area (Å²) in [5, 5.41) is 13.2. The second kappa shape index (κ2) is 12.6. The van der Waals surface area contributed by atoms with Gasteiger partial charge in [-0.1, -0.05) is 84.9 Å². The van der Waals surface area contributed by atoms with Gasteiger partial charge in [0, 0.05) is 13.0 Å². The van der Waals surface area contributed by atoms with E-state index in [1.54, 1.807) is 0 Å². The SMILES string of the molecule is CC(C)(C)Oc1ccc(C[C@H](N)C(=O)N[C@@H](Cc2ccccc2)C(=O)NCc2cc3ccc4cccc5ccc(c2)c3c45)cc1. The van der Waals surface area contributed by atoms with Crippen molar-refractivity contribution in [3.05, 3.63) is 126 Å². The monoisotopic (exact) mass is 597 g/mol. The summed E-state index contributed by atoms with van der Waals surface area (Å²) in [5.74, 6) is 0.130. The van der Waals surface area contributed by atoms with E-state index in [0.717, 1.165) is 33.2 Å². The lowest BCUT2D eigenvalue weighted by molar-refractivity contribution is -0.129. The molecular formula is C39H39N3O3. The summed E-state index contributed by atoms with van der Waals surface area (Å²) < 4.78 is 5.89. The van der Waals surface area contributed by atoms with Gasteiger partial charge in [0.05, 0.1) is 6.04 Å². The third kappa shape index (κ3) is 7.08. The molecule has 4 N–H and O–H groups in total. The Morgan fingerprint density at radius 2 is 1.24 bits per heavy atom. The summed E-state index contributed by atoms with van der Waals surface area (Å²) in [6.45, 7) is 6.32. The van der Waals surface area contributed by atoms with Crippen LogP contribution in [0.15, 0.2) is 109 Å². The summed E-state index contributed by atoms with van der Waals surface area (Å²) in [7, 11) is 0. The molecule has 0 aliphatic heterocycles. The van der Waals surface area contributed by atoms with Gasteiger partial charge in [0.1, 0.15) is 17.4 Å². The Kier molecular flexibility index (Phi) is 8.42. The van der Waals surface area contributed by atoms with Gasteiger partial charge in [-0.15, -0.1) is 0 Å². The number of carbonyl (C=O) groups excluding carboxylic acids is 2. The predicted molar refractivity (Wildman–Crippen MR) is 183 cm³/mol. The van der Waals surface area contributed by atoms with Crippen molar-refractivity contribution in [1.82, 2.24) is 10.6 Å². The van der Waals surface area contributed by atoms with E-state index in [0.29, 0.717) is 19.4 Å². The average Bonchev–Trinajstić information content (AvgIpc) is 3.02. The second-order valence-corrected chi connectivity index (χ2v) is 12.8. The van der Waals surface area contributed by atoms with Crippen LogP contribution in [-0.2, 0) is 29.0 Å². The zero-order chi connectivity index (χ0) is 31.6. The molecule has 0 saturated carbocycles. The molecule has 45 heavy (non-hydrogen) atoms. The molecule has 6 aromatic carbocycles. The van der Waals surface area contributed by atoms with E-state index in [9.17, 15) is 9.59 Å². The fraction of sp³-hybridized carbons (Fsp3) is 0.231. The lowest BCUT2D eigenvalue weighted by Crippen LogP contribution is -2.52. The summed E-state index contributed by atoms with van der Waals surface area (Å²) in [6.07, 6.45) is 0.690. The zero-order valence-electron chi connectivity index (χ0n) is 26.0. The van der Waals surface area contributed by atoms with Crippen LogP contribution in [0.5, 0.6) is 5.75 Å². The first-order chi connectivity index (χ1) is 21.6. The number of nitrogens with two attached hydrogens (primary N) is 1. The molecule has 0 radical (unpaired) electrons. The van der Waals surface area contributed by atoms with E-state index >= 15 is 0 Å². The standard InChI is InChI=1S/C39H39N3O3/c1-39(2,3)45-32-18-12-26(13-19-32)22-33(40)37(43)42-34(23-25-8-5-4-6-9-25)38(44)41-24-27-20-30-16-14-28-10-7-11-29-15-17-31(21-27)36(30)35(28)29/h4-21,33-34H,22-24,40H2,1-3H3,(H,41,44)(H,42,43)/t33-,34-/m0/s1. The van der Waals surface area contributed by atoms with Crippen LogP contribution in [0, 0.1) is 0 Å². The molecular weight excluding hydrogens is 558 g/mol. The molecule has 228 valence electrons. The van der Waals surface area contributed by atoms with Crippen molar-refractivity contribution in [2.24, 2.45) is 5.73 Å². The normalized spacial score (nSPS) is 13.2. The summed E-state index contributed by atoms with van der Waals surface area (Å²) in [5.41, 5.74) is 8.90. The van der Waals surface area contributed by atoms with Gasteiger partial charge in [-0.3, -0.25) is 9.59 Å². The minimum atomic E-state index is -0.814. The first-order valence-electron chi connectivity index (χ1n) is 15.4. The molecule has 0 aliphatic rings. The Balaban J connectivity index is 1.15. The molecule has 6 rings (SSSR count). The predicted octanol–water partition coefficient (Wildman–Crippen LogP) is 6.68. The van der Waals surface area contributed by atoms with Crippen LogP contribution >= 0.6 is 0 Å². The molecule has 0 spiro atoms. The highest BCUT2D eigenvalue weighted by Gasteiger charge is 2.24. The lowest BCUT2D eigenvalue weighted by atomic mass is 9.93. The molecule has 0 unspecified atom stereocenters. The zero-order valence-corrected chi connectivity index (χ0v) is 26.0. The number of hydrogen-bond donors (Lipinski definition) is 3. The summed E-state index contributed by atoms with van der Waals surface area (Å²) in [4.78, 5) is 26.9. The largest absolute Gasteiger partial charge is 0.488 e. The highest BCUT2D eigenvalue weighted by molar-refractivity contribution is 6.23. The molecule has 2 atom stereocenters. The first kappa shape index (κ1) is 30.1. The van der Waals surface area contributed by atoms with Crippen LogP contribution in [-0.4, -0.2) is 29.5 Å². The fourth-order valence-electron chi connectivity index (χ4n) is 5.96. The van der Waals surface area contributed by atoms with Crippen molar-refractivity contribution in [3.8, 4) is 5.75 Å². The molecule has 6 aromatic rings. The van der Waals surface area contributed by atoms with Crippen LogP contribution < -0.4 is 21.1 Å². The van der Waals surface area contributed by atoms with Crippen molar-refractivity contribution in [1.29, 1.82) is 0 Å². The first-order valence-corrected chi connectivity index (χ1v) is 15.4. The Morgan fingerprint density at radius 3 is 1.87 bits per heavy atom. The van der Waals surface area contributed by atoms with Gasteiger partial charge in [-0.05, 0) is 100 Å². The van der Waals surface area contributed by atoms with Gasteiger partial charge < -0.3 is 21.1 Å². The van der Waals surface area contributed by atoms with Crippen LogP contribution in [0.25, 0.3) is 32.3 Å². The number of benzene rings is 6. The van der Waals surface area contributed by atoms with E-state index < -0.39 is 12.1 Å². The average molecular weight is 598 g/mol. The highest BCUT2D eigenvalue weighted by atomic mass is 16.5. The van der Waals surface area contributed by atoms with Gasteiger partial charge >= 0.3 is 0 Å². The number of amides is 2. The number of rotatable bonds is 10. The van der Waals surface area contributed by atoms with Gasteiger partial charge in [-0.25, -0.2) is 0 Å². The topological polar surface area (TPSA) is 93.4 Å². The molecule has 0 bridgehead atoms. The quantitative estimate of drug-likeness (QED) is 0.154. The van der Waals surface area contributed by atoms with Crippen LogP contribution in [0.1, 0.15) is 37.5 Å². The van der Waals surface area contributed by atoms with Crippen molar-refractivity contribution in [2.75, 3.05) is 0 Å². The minimum absolute atomic E-state index is 0.256. The number of hydrogen-bond acceptors (Lipinski definition) is 4. The van der Waals surface area contributed by atoms with E-state index in [1.165, 1.54) is 21.5 Å². The van der Waals surface area contributed by atoms with E-state index in [1.807, 2.05) is 75.4 Å². The molecule has 6 heteroatoms. The second-order valence-electron chi connectivity index (χ2n) is 12.8. The number of ether oxygens (including phenoxy) is 1. The third-order valence-corrected chi connectivity index (χ3v) is 8.05. The summed E-state index contributed by atoms with van der Waals surface area (Å²) >= 11 is 0. The van der Waals surface area contributed by atoms with Crippen molar-refractivity contribution >= 4 is 44.1 Å². The molecule has 0 aromatic heterocycles. The molecule has 0 heterocycles. The maximum atomic E-state index is 13.6. The van der Waals surface area contributed by atoms with Gasteiger partial charge in [0.25, 0.3) is 0 Å². The molecule has 2 amide bonds. The maximum absolute atomic E-state index is 13.6. The molecule has 0 aliphatic carbocycles. The Morgan fingerprint density at radius 1 is 0.667 bits per heavy atom. The Bertz CT molecular complexity index is 1880. The Labute approximate surface area is 263 Å². The number of nitrogens with one attached hydrogen (secondary N) is 2. The van der Waals surface area contributed by atoms with E-state index in [2.05, 4.69) is 65.2 Å². The molecule has 0 saturated heterocycles. The van der Waals surface area contributed by atoms with E-state index in [4.69, 9.17) is 10.5 Å². The van der Waals surface area contributed by atoms with Crippen LogP contribution in [0.3, 0.4) is 0 Å². The van der Waals surface area contributed by atoms with Crippen LogP contribution in [0.4, 0.5) is 0 Å². The van der Waals surface area contributed by atoms with Gasteiger partial charge in [0.2, 0.25) is 11.8 Å². The fourth-order valence-corrected chi connectivity index (χ4v) is 5.96. The maximum Gasteiger partial charge on any atom is 0.243 e. The van der Waals surface area contributed by atoms with Gasteiger partial charge in [0.15, 0.2) is 0 Å². The smallest absolute Gasteiger partial charge is 0.243 e. The van der Waals surface area contributed by atoms with E-state index in [-0.39, 0.29) is 17.4 Å². The van der Waals surface area contributed by atoms with Crippen molar-refractivity contribution in [3.63, 3.8) is 0 Å². The van der Waals surface area contributed by atoms with Crippen molar-refractivity contribution in [2.45, 2.75) is 57.8 Å². The summed E-state index contributed by atoms with van der Waals surface area (Å²) in [6, 6.07) is 34.9.